The van der Waals surface area contributed by atoms with Crippen molar-refractivity contribution in [2.75, 3.05) is 57.4 Å². The first kappa shape index (κ1) is 22.8. The molecule has 0 spiro atoms. The fraction of sp³-hybridized carbons (Fsp3) is 0.462. The smallest absolute Gasteiger partial charge is 0.163 e. The number of hydrogen-bond acceptors (Lipinski definition) is 7. The van der Waals surface area contributed by atoms with Gasteiger partial charge in [0.15, 0.2) is 11.6 Å². The second kappa shape index (κ2) is 9.81. The van der Waals surface area contributed by atoms with Crippen molar-refractivity contribution in [1.29, 1.82) is 0 Å². The molecule has 7 nitrogen and oxygen atoms in total. The highest BCUT2D eigenvalue weighted by molar-refractivity contribution is 7.19. The number of ether oxygens (including phenoxy) is 1. The molecule has 1 atom stereocenters. The number of fused-ring (bicyclic) bond motifs is 2. The van der Waals surface area contributed by atoms with Gasteiger partial charge >= 0.3 is 0 Å². The average Bonchev–Trinajstić information content (AvgIpc) is 3.54. The highest BCUT2D eigenvalue weighted by Gasteiger charge is 2.26. The van der Waals surface area contributed by atoms with Crippen LogP contribution in [-0.4, -0.2) is 72.3 Å². The van der Waals surface area contributed by atoms with Crippen LogP contribution in [0.1, 0.15) is 30.7 Å². The minimum atomic E-state index is -0.292. The van der Waals surface area contributed by atoms with E-state index in [1.54, 1.807) is 6.07 Å². The lowest BCUT2D eigenvalue weighted by molar-refractivity contribution is 0.122. The molecule has 2 N–H and O–H groups in total. The lowest BCUT2D eigenvalue weighted by atomic mass is 10.1. The molecule has 4 aromatic rings. The zero-order valence-corrected chi connectivity index (χ0v) is 20.8. The van der Waals surface area contributed by atoms with Gasteiger partial charge in [-0.3, -0.25) is 4.90 Å². The Labute approximate surface area is 208 Å². The molecule has 0 saturated carbocycles. The number of nitrogens with zero attached hydrogens (tertiary/aromatic N) is 4. The summed E-state index contributed by atoms with van der Waals surface area (Å²) in [6, 6.07) is 7.67. The van der Waals surface area contributed by atoms with Gasteiger partial charge in [-0.25, -0.2) is 14.4 Å². The van der Waals surface area contributed by atoms with Crippen molar-refractivity contribution in [1.82, 2.24) is 25.2 Å². The first-order valence-corrected chi connectivity index (χ1v) is 13.4. The van der Waals surface area contributed by atoms with Crippen molar-refractivity contribution >= 4 is 38.3 Å². The minimum Gasteiger partial charge on any atom is -0.378 e. The summed E-state index contributed by atoms with van der Waals surface area (Å²) in [6.07, 6.45) is 4.08. The monoisotopic (exact) mass is 494 g/mol. The van der Waals surface area contributed by atoms with Crippen molar-refractivity contribution < 1.29 is 9.13 Å². The molecule has 0 bridgehead atoms. The molecule has 2 aliphatic heterocycles. The maximum absolute atomic E-state index is 14.5. The minimum absolute atomic E-state index is 0.292. The number of aromatic nitrogens is 3. The Kier molecular flexibility index (Phi) is 6.40. The van der Waals surface area contributed by atoms with Gasteiger partial charge in [0.05, 0.1) is 23.4 Å². The lowest BCUT2D eigenvalue weighted by Gasteiger charge is -2.34. The number of morpholine rings is 1. The van der Waals surface area contributed by atoms with Gasteiger partial charge in [0.1, 0.15) is 5.82 Å². The summed E-state index contributed by atoms with van der Waals surface area (Å²) in [4.78, 5) is 19.4. The average molecular weight is 495 g/mol. The van der Waals surface area contributed by atoms with Crippen LogP contribution in [0.15, 0.2) is 30.5 Å². The molecule has 3 aromatic heterocycles. The van der Waals surface area contributed by atoms with E-state index >= 15 is 0 Å². The highest BCUT2D eigenvalue weighted by Crippen LogP contribution is 2.40. The normalized spacial score (nSPS) is 18.5. The topological polar surface area (TPSA) is 69.3 Å². The van der Waals surface area contributed by atoms with Crippen molar-refractivity contribution in [3.63, 3.8) is 0 Å². The Hall–Kier alpha value is -2.59. The summed E-state index contributed by atoms with van der Waals surface area (Å²) < 4.78 is 21.3. The molecule has 0 aliphatic carbocycles. The summed E-state index contributed by atoms with van der Waals surface area (Å²) in [5.41, 5.74) is 2.42. The largest absolute Gasteiger partial charge is 0.378 e. The third-order valence-electron chi connectivity index (χ3n) is 7.04. The quantitative estimate of drug-likeness (QED) is 0.410. The van der Waals surface area contributed by atoms with Gasteiger partial charge < -0.3 is 19.9 Å². The first-order chi connectivity index (χ1) is 17.2. The molecule has 184 valence electrons. The van der Waals surface area contributed by atoms with Crippen molar-refractivity contribution in [3.8, 4) is 11.4 Å². The molecule has 9 heteroatoms. The van der Waals surface area contributed by atoms with E-state index < -0.39 is 0 Å². The molecule has 2 fully saturated rings. The van der Waals surface area contributed by atoms with Gasteiger partial charge in [-0.1, -0.05) is 13.3 Å². The molecule has 0 amide bonds. The van der Waals surface area contributed by atoms with Gasteiger partial charge in [-0.05, 0) is 30.7 Å². The van der Waals surface area contributed by atoms with Crippen LogP contribution >= 0.6 is 11.3 Å². The summed E-state index contributed by atoms with van der Waals surface area (Å²) in [7, 11) is 0. The number of H-pyrrole nitrogens is 1. The van der Waals surface area contributed by atoms with Gasteiger partial charge in [-0.2, -0.15) is 0 Å². The Morgan fingerprint density at radius 3 is 2.74 bits per heavy atom. The van der Waals surface area contributed by atoms with E-state index in [1.807, 2.05) is 23.6 Å². The van der Waals surface area contributed by atoms with Gasteiger partial charge in [-0.15, -0.1) is 11.3 Å². The van der Waals surface area contributed by atoms with Gasteiger partial charge in [0, 0.05) is 72.9 Å². The second-order valence-corrected chi connectivity index (χ2v) is 10.4. The number of anilines is 1. The number of hydrogen-bond donors (Lipinski definition) is 2. The Morgan fingerprint density at radius 2 is 1.94 bits per heavy atom. The fourth-order valence-corrected chi connectivity index (χ4v) is 6.58. The van der Waals surface area contributed by atoms with Crippen molar-refractivity contribution in [2.45, 2.75) is 25.8 Å². The molecule has 1 aromatic carbocycles. The molecule has 2 aliphatic rings. The van der Waals surface area contributed by atoms with E-state index in [9.17, 15) is 4.39 Å². The zero-order valence-electron chi connectivity index (χ0n) is 20.0. The van der Waals surface area contributed by atoms with Crippen LogP contribution < -0.4 is 10.2 Å². The van der Waals surface area contributed by atoms with E-state index in [1.165, 1.54) is 10.9 Å². The Morgan fingerprint density at radius 1 is 1.11 bits per heavy atom. The van der Waals surface area contributed by atoms with Crippen LogP contribution in [-0.2, 0) is 4.74 Å². The number of thiophene rings is 1. The van der Waals surface area contributed by atoms with E-state index in [-0.39, 0.29) is 5.82 Å². The third kappa shape index (κ3) is 4.42. The molecular formula is C26H31FN6OS. The van der Waals surface area contributed by atoms with Crippen LogP contribution in [0.2, 0.25) is 0 Å². The Bertz CT molecular complexity index is 1320. The van der Waals surface area contributed by atoms with Gasteiger partial charge in [0.2, 0.25) is 0 Å². The number of rotatable bonds is 6. The summed E-state index contributed by atoms with van der Waals surface area (Å²) in [6.45, 7) is 9.37. The summed E-state index contributed by atoms with van der Waals surface area (Å²) >= 11 is 1.82. The predicted octanol–water partition coefficient (Wildman–Crippen LogP) is 4.56. The zero-order chi connectivity index (χ0) is 23.8. The molecular weight excluding hydrogens is 463 g/mol. The SMILES string of the molecule is CCCC(c1cc2nc(-c3cc(F)cc4[nH]ccc34)nc(N3CCOCC3)c2s1)N1CCNCC1. The number of aromatic amines is 1. The fourth-order valence-electron chi connectivity index (χ4n) is 5.30. The number of piperazine rings is 1. The van der Waals surface area contributed by atoms with E-state index in [0.29, 0.717) is 25.1 Å². The number of nitrogens with one attached hydrogen (secondary N) is 2. The number of benzene rings is 1. The van der Waals surface area contributed by atoms with Crippen LogP contribution in [0.4, 0.5) is 10.2 Å². The predicted molar refractivity (Wildman–Crippen MR) is 140 cm³/mol. The molecule has 2 saturated heterocycles. The maximum atomic E-state index is 14.5. The maximum Gasteiger partial charge on any atom is 0.163 e. The van der Waals surface area contributed by atoms with E-state index in [2.05, 4.69) is 33.1 Å². The molecule has 5 heterocycles. The van der Waals surface area contributed by atoms with Crippen LogP contribution in [0, 0.1) is 5.82 Å². The Balaban J connectivity index is 1.50. The van der Waals surface area contributed by atoms with Crippen LogP contribution in [0.25, 0.3) is 32.5 Å². The lowest BCUT2D eigenvalue weighted by Crippen LogP contribution is -2.45. The molecule has 6 rings (SSSR count). The standard InChI is InChI=1S/C26H31FN6OS/c1-2-3-22(32-8-6-28-7-9-32)23-16-21-24(35-23)26(33-10-12-34-13-11-33)31-25(30-21)19-14-17(27)15-20-18(19)4-5-29-20/h4-5,14-16,22,28-29H,2-3,6-13H2,1H3. The van der Waals surface area contributed by atoms with Gasteiger partial charge in [0.25, 0.3) is 0 Å². The summed E-state index contributed by atoms with van der Waals surface area (Å²) in [5.74, 6) is 1.22. The molecule has 0 radical (unpaired) electrons. The van der Waals surface area contributed by atoms with Crippen molar-refractivity contribution in [2.24, 2.45) is 0 Å². The second-order valence-electron chi connectivity index (χ2n) is 9.32. The molecule has 35 heavy (non-hydrogen) atoms. The van der Waals surface area contributed by atoms with Crippen LogP contribution in [0.5, 0.6) is 0 Å². The summed E-state index contributed by atoms with van der Waals surface area (Å²) in [5, 5.41) is 4.40. The highest BCUT2D eigenvalue weighted by atomic mass is 32.1. The van der Waals surface area contributed by atoms with E-state index in [4.69, 9.17) is 14.7 Å². The number of halogens is 1. The van der Waals surface area contributed by atoms with E-state index in [0.717, 1.165) is 84.6 Å². The van der Waals surface area contributed by atoms with Crippen LogP contribution in [0.3, 0.4) is 0 Å². The molecule has 1 unspecified atom stereocenters. The van der Waals surface area contributed by atoms with Crippen molar-refractivity contribution in [3.05, 3.63) is 41.2 Å². The first-order valence-electron chi connectivity index (χ1n) is 12.6. The third-order valence-corrected chi connectivity index (χ3v) is 8.26.